The second-order valence-electron chi connectivity index (χ2n) is 18.3. The van der Waals surface area contributed by atoms with Crippen LogP contribution in [0.2, 0.25) is 0 Å². The van der Waals surface area contributed by atoms with Crippen LogP contribution in [0, 0.1) is 0 Å². The molecule has 15 nitrogen and oxygen atoms in total. The standard InChI is InChI=1S/C67H61N7O8/c1-6-34-79-58-38-50(26-30-54(58)64(75)71-5)42-10-18-46(19-11-42)62(47-20-12-43(13-21-47)51-27-31-55(65(76)72-68)59(39-51)80-35-7-2)63(48-22-14-44(15-23-48)52-28-32-56(66(77)73-69)60(40-52)81-36-8-3)49-24-16-45(17-25-49)53-29-33-57(67(78)74-70)61(41-53)82-37-9-4/h6-33,38-41H,1-4,34-37,68-70H2,5H3,(H,71,75)(H,72,76)(H,73,77)(H,74,78). The lowest BCUT2D eigenvalue weighted by molar-refractivity contribution is 0.0942. The largest absolute Gasteiger partial charge is 0.489 e. The van der Waals surface area contributed by atoms with Crippen molar-refractivity contribution in [1.82, 2.24) is 21.6 Å². The highest BCUT2D eigenvalue weighted by Gasteiger charge is 2.21. The summed E-state index contributed by atoms with van der Waals surface area (Å²) in [6, 6.07) is 54.0. The molecular formula is C67H61N7O8. The van der Waals surface area contributed by atoms with Gasteiger partial charge in [-0.3, -0.25) is 35.5 Å². The summed E-state index contributed by atoms with van der Waals surface area (Å²) in [6.07, 6.45) is 6.42. The summed E-state index contributed by atoms with van der Waals surface area (Å²) >= 11 is 0. The highest BCUT2D eigenvalue weighted by molar-refractivity contribution is 6.06. The van der Waals surface area contributed by atoms with Crippen molar-refractivity contribution < 1.29 is 38.1 Å². The van der Waals surface area contributed by atoms with Crippen molar-refractivity contribution in [2.75, 3.05) is 33.5 Å². The van der Waals surface area contributed by atoms with Crippen molar-refractivity contribution in [1.29, 1.82) is 0 Å². The van der Waals surface area contributed by atoms with Gasteiger partial charge in [0.25, 0.3) is 23.6 Å². The summed E-state index contributed by atoms with van der Waals surface area (Å²) in [5.41, 5.74) is 19.7. The van der Waals surface area contributed by atoms with Gasteiger partial charge >= 0.3 is 0 Å². The zero-order valence-corrected chi connectivity index (χ0v) is 45.1. The summed E-state index contributed by atoms with van der Waals surface area (Å²) in [7, 11) is 1.57. The fourth-order valence-corrected chi connectivity index (χ4v) is 9.23. The van der Waals surface area contributed by atoms with Crippen LogP contribution in [0.3, 0.4) is 0 Å². The predicted octanol–water partition coefficient (Wildman–Crippen LogP) is 10.8. The predicted molar refractivity (Wildman–Crippen MR) is 324 cm³/mol. The van der Waals surface area contributed by atoms with Crippen LogP contribution in [0.25, 0.3) is 55.7 Å². The molecule has 0 aliphatic heterocycles. The van der Waals surface area contributed by atoms with Crippen LogP contribution in [0.1, 0.15) is 63.7 Å². The fourth-order valence-electron chi connectivity index (χ4n) is 9.23. The molecule has 0 radical (unpaired) electrons. The number of rotatable bonds is 24. The Labute approximate surface area is 476 Å². The van der Waals surface area contributed by atoms with E-state index >= 15 is 0 Å². The van der Waals surface area contributed by atoms with Crippen LogP contribution in [-0.4, -0.2) is 57.1 Å². The number of amides is 4. The molecule has 0 aliphatic rings. The van der Waals surface area contributed by atoms with Gasteiger partial charge in [-0.25, -0.2) is 17.5 Å². The summed E-state index contributed by atoms with van der Waals surface area (Å²) in [5, 5.41) is 2.69. The first kappa shape index (κ1) is 57.6. The van der Waals surface area contributed by atoms with E-state index in [0.29, 0.717) is 28.6 Å². The Bertz CT molecular complexity index is 3240. The van der Waals surface area contributed by atoms with Gasteiger partial charge in [0.2, 0.25) is 0 Å². The third kappa shape index (κ3) is 13.1. The molecule has 8 aromatic carbocycles. The molecule has 8 aromatic rings. The molecular weight excluding hydrogens is 1030 g/mol. The fraction of sp³-hybridized carbons (Fsp3) is 0.0746. The minimum Gasteiger partial charge on any atom is -0.489 e. The van der Waals surface area contributed by atoms with Crippen LogP contribution >= 0.6 is 0 Å². The Morgan fingerprint density at radius 2 is 0.549 bits per heavy atom. The van der Waals surface area contributed by atoms with Gasteiger partial charge in [-0.05, 0) is 126 Å². The van der Waals surface area contributed by atoms with E-state index in [2.05, 4.69) is 96.4 Å². The lowest BCUT2D eigenvalue weighted by Crippen LogP contribution is -2.30. The van der Waals surface area contributed by atoms with Gasteiger partial charge in [-0.2, -0.15) is 0 Å². The summed E-state index contributed by atoms with van der Waals surface area (Å²) in [4.78, 5) is 51.1. The maximum Gasteiger partial charge on any atom is 0.268 e. The van der Waals surface area contributed by atoms with Crippen molar-refractivity contribution in [2.24, 2.45) is 17.5 Å². The third-order valence-electron chi connectivity index (χ3n) is 13.2. The second kappa shape index (κ2) is 27.3. The molecule has 412 valence electrons. The number of carbonyl (C=O) groups excluding carboxylic acids is 4. The summed E-state index contributed by atoms with van der Waals surface area (Å²) < 4.78 is 23.8. The number of benzene rings is 8. The van der Waals surface area contributed by atoms with E-state index in [1.54, 1.807) is 73.8 Å². The smallest absolute Gasteiger partial charge is 0.268 e. The summed E-state index contributed by atoms with van der Waals surface area (Å²) in [6.45, 7) is 15.8. The van der Waals surface area contributed by atoms with Gasteiger partial charge in [-0.15, -0.1) is 0 Å². The SMILES string of the molecule is C=CCOc1cc(-c2ccc(C(=C(c3ccc(-c4ccc(C(=O)NN)c(OCC=C)c4)cc3)c3ccc(-c4ccc(C(=O)NN)c(OCC=C)c4)cc3)c3ccc(-c4ccc(C(=O)NN)c(OCC=C)c4)cc3)cc2)ccc1C(=O)NC. The van der Waals surface area contributed by atoms with Crippen molar-refractivity contribution in [3.63, 3.8) is 0 Å². The molecule has 10 N–H and O–H groups in total. The molecule has 82 heavy (non-hydrogen) atoms. The molecule has 0 fully saturated rings. The highest BCUT2D eigenvalue weighted by atomic mass is 16.5. The van der Waals surface area contributed by atoms with Crippen LogP contribution in [0.5, 0.6) is 23.0 Å². The van der Waals surface area contributed by atoms with Crippen molar-refractivity contribution >= 4 is 34.8 Å². The van der Waals surface area contributed by atoms with E-state index in [-0.39, 0.29) is 49.0 Å². The number of carbonyl (C=O) groups is 4. The lowest BCUT2D eigenvalue weighted by Gasteiger charge is -2.20. The number of hydrogen-bond donors (Lipinski definition) is 7. The molecule has 0 heterocycles. The van der Waals surface area contributed by atoms with Crippen LogP contribution in [0.4, 0.5) is 0 Å². The molecule has 0 spiro atoms. The van der Waals surface area contributed by atoms with E-state index in [1.165, 1.54) is 0 Å². The normalized spacial score (nSPS) is 10.5. The first-order valence-electron chi connectivity index (χ1n) is 25.9. The average Bonchev–Trinajstić information content (AvgIpc) is 3.65. The van der Waals surface area contributed by atoms with Crippen LogP contribution < -0.4 is 58.1 Å². The first-order chi connectivity index (χ1) is 40.0. The van der Waals surface area contributed by atoms with E-state index in [0.717, 1.165) is 77.9 Å². The van der Waals surface area contributed by atoms with Gasteiger partial charge in [0.05, 0.1) is 22.3 Å². The minimum atomic E-state index is -0.495. The number of hydrazine groups is 3. The molecule has 8 rings (SSSR count). The summed E-state index contributed by atoms with van der Waals surface area (Å²) in [5.74, 6) is 16.3. The van der Waals surface area contributed by atoms with Crippen molar-refractivity contribution in [2.45, 2.75) is 0 Å². The van der Waals surface area contributed by atoms with Gasteiger partial charge in [-0.1, -0.05) is 172 Å². The van der Waals surface area contributed by atoms with Gasteiger partial charge in [0.15, 0.2) is 0 Å². The Morgan fingerprint density at radius 3 is 0.744 bits per heavy atom. The Hall–Kier alpha value is -10.6. The van der Waals surface area contributed by atoms with Crippen molar-refractivity contribution in [3.05, 3.63) is 265 Å². The molecule has 0 aliphatic carbocycles. The Morgan fingerprint density at radius 1 is 0.341 bits per heavy atom. The van der Waals surface area contributed by atoms with Crippen LogP contribution in [0.15, 0.2) is 220 Å². The third-order valence-corrected chi connectivity index (χ3v) is 13.2. The number of nitrogen functional groups attached to an aromatic ring is 3. The number of nitrogens with one attached hydrogen (secondary N) is 4. The number of nitrogens with two attached hydrogens (primary N) is 3. The molecule has 0 saturated carbocycles. The van der Waals surface area contributed by atoms with E-state index in [4.69, 9.17) is 36.5 Å². The monoisotopic (exact) mass is 1090 g/mol. The molecule has 0 saturated heterocycles. The molecule has 4 amide bonds. The number of ether oxygens (including phenoxy) is 4. The maximum absolute atomic E-state index is 12.9. The van der Waals surface area contributed by atoms with E-state index < -0.39 is 17.7 Å². The van der Waals surface area contributed by atoms with Gasteiger partial charge in [0.1, 0.15) is 49.4 Å². The molecule has 0 atom stereocenters. The Balaban J connectivity index is 1.34. The zero-order chi connectivity index (χ0) is 58.1. The Kier molecular flexibility index (Phi) is 19.2. The minimum absolute atomic E-state index is 0.173. The molecule has 0 bridgehead atoms. The van der Waals surface area contributed by atoms with Gasteiger partial charge in [0, 0.05) is 7.05 Å². The maximum atomic E-state index is 12.9. The molecule has 0 unspecified atom stereocenters. The van der Waals surface area contributed by atoms with E-state index in [1.807, 2.05) is 78.9 Å². The van der Waals surface area contributed by atoms with Crippen LogP contribution in [-0.2, 0) is 0 Å². The topological polar surface area (TPSA) is 231 Å². The van der Waals surface area contributed by atoms with E-state index in [9.17, 15) is 19.2 Å². The first-order valence-corrected chi connectivity index (χ1v) is 25.9. The average molecular weight is 1090 g/mol. The molecule has 0 aromatic heterocycles. The number of hydrogen-bond acceptors (Lipinski definition) is 11. The van der Waals surface area contributed by atoms with Crippen molar-refractivity contribution in [3.8, 4) is 67.5 Å². The lowest BCUT2D eigenvalue weighted by atomic mass is 9.84. The second-order valence-corrected chi connectivity index (χ2v) is 18.3. The molecule has 15 heteroatoms. The zero-order valence-electron chi connectivity index (χ0n) is 45.1. The quantitative estimate of drug-likeness (QED) is 0.00989. The highest BCUT2D eigenvalue weighted by Crippen LogP contribution is 2.41. The van der Waals surface area contributed by atoms with Gasteiger partial charge < -0.3 is 24.3 Å².